The average molecular weight is 487 g/mol. The van der Waals surface area contributed by atoms with Gasteiger partial charge in [-0.15, -0.1) is 11.8 Å². The maximum atomic E-state index is 11.9. The van der Waals surface area contributed by atoms with Gasteiger partial charge in [-0.25, -0.2) is 9.78 Å². The molecule has 0 atom stereocenters. The van der Waals surface area contributed by atoms with Crippen LogP contribution in [0, 0.1) is 0 Å². The van der Waals surface area contributed by atoms with E-state index in [9.17, 15) is 14.7 Å². The minimum atomic E-state index is -0.327. The van der Waals surface area contributed by atoms with Gasteiger partial charge < -0.3 is 14.8 Å². The van der Waals surface area contributed by atoms with Crippen molar-refractivity contribution in [2.75, 3.05) is 18.1 Å². The van der Waals surface area contributed by atoms with Gasteiger partial charge in [-0.3, -0.25) is 4.79 Å². The molecule has 0 aliphatic carbocycles. The lowest BCUT2D eigenvalue weighted by Gasteiger charge is -2.13. The molecule has 176 valence electrons. The maximum absolute atomic E-state index is 11.9. The first-order valence-corrected chi connectivity index (χ1v) is 13.2. The Morgan fingerprint density at radius 2 is 1.85 bits per heavy atom. The number of rotatable bonds is 12. The maximum Gasteiger partial charge on any atom is 0.338 e. The Balaban J connectivity index is 1.49. The minimum absolute atomic E-state index is 0.110. The van der Waals surface area contributed by atoms with Gasteiger partial charge in [0, 0.05) is 16.2 Å². The largest absolute Gasteiger partial charge is 0.507 e. The number of benzene rings is 2. The fraction of sp³-hybridized carbons (Fsp3) is 0.400. The first kappa shape index (κ1) is 25.2. The lowest BCUT2D eigenvalue weighted by Crippen LogP contribution is -2.04. The van der Waals surface area contributed by atoms with Crippen molar-refractivity contribution >= 4 is 46.3 Å². The summed E-state index contributed by atoms with van der Waals surface area (Å²) in [6.45, 7) is 5.69. The van der Waals surface area contributed by atoms with Gasteiger partial charge in [0.1, 0.15) is 5.75 Å². The van der Waals surface area contributed by atoms with Crippen molar-refractivity contribution in [2.45, 2.75) is 56.5 Å². The van der Waals surface area contributed by atoms with Gasteiger partial charge in [0.25, 0.3) is 0 Å². The Labute approximate surface area is 202 Å². The summed E-state index contributed by atoms with van der Waals surface area (Å²) in [5, 5.41) is 11.3. The zero-order valence-corrected chi connectivity index (χ0v) is 20.9. The molecule has 6 nitrogen and oxygen atoms in total. The van der Waals surface area contributed by atoms with E-state index < -0.39 is 0 Å². The van der Waals surface area contributed by atoms with Gasteiger partial charge in [0.2, 0.25) is 0 Å². The van der Waals surface area contributed by atoms with Crippen LogP contribution < -0.4 is 0 Å². The second-order valence-electron chi connectivity index (χ2n) is 7.64. The van der Waals surface area contributed by atoms with E-state index in [1.807, 2.05) is 12.1 Å². The van der Waals surface area contributed by atoms with Crippen LogP contribution in [0.3, 0.4) is 0 Å². The van der Waals surface area contributed by atoms with Crippen molar-refractivity contribution in [3.8, 4) is 5.75 Å². The fourth-order valence-corrected chi connectivity index (χ4v) is 5.47. The Morgan fingerprint density at radius 1 is 1.09 bits per heavy atom. The molecular weight excluding hydrogens is 456 g/mol. The van der Waals surface area contributed by atoms with E-state index in [0.717, 1.165) is 63.8 Å². The molecule has 33 heavy (non-hydrogen) atoms. The number of H-pyrrole nitrogens is 1. The first-order chi connectivity index (χ1) is 15.9. The number of phenols is 1. The van der Waals surface area contributed by atoms with Gasteiger partial charge >= 0.3 is 5.97 Å². The third-order valence-electron chi connectivity index (χ3n) is 5.13. The van der Waals surface area contributed by atoms with Crippen molar-refractivity contribution in [3.05, 3.63) is 47.0 Å². The summed E-state index contributed by atoms with van der Waals surface area (Å²) in [6.07, 6.45) is 3.74. The third-order valence-corrected chi connectivity index (χ3v) is 7.27. The summed E-state index contributed by atoms with van der Waals surface area (Å²) in [7, 11) is 0. The van der Waals surface area contributed by atoms with Crippen LogP contribution in [0.15, 0.2) is 40.4 Å². The lowest BCUT2D eigenvalue weighted by molar-refractivity contribution is 0.0526. The molecule has 0 unspecified atom stereocenters. The highest BCUT2D eigenvalue weighted by Crippen LogP contribution is 2.34. The lowest BCUT2D eigenvalue weighted by atomic mass is 10.0. The SMILES string of the molecule is CCCc1c(SCCCCSc2nc3ccc(C(=O)OCC)cc3[nH]2)ccc(C(C)=O)c1O. The number of nitrogens with zero attached hydrogens (tertiary/aromatic N) is 1. The molecule has 1 aromatic heterocycles. The number of aromatic amines is 1. The molecule has 0 aliphatic rings. The van der Waals surface area contributed by atoms with E-state index >= 15 is 0 Å². The molecule has 2 N–H and O–H groups in total. The molecule has 2 aromatic carbocycles. The summed E-state index contributed by atoms with van der Waals surface area (Å²) < 4.78 is 5.05. The number of ketones is 1. The van der Waals surface area contributed by atoms with Crippen LogP contribution in [-0.2, 0) is 11.2 Å². The monoisotopic (exact) mass is 486 g/mol. The number of fused-ring (bicyclic) bond motifs is 1. The van der Waals surface area contributed by atoms with Crippen molar-refractivity contribution in [1.29, 1.82) is 0 Å². The molecule has 0 radical (unpaired) electrons. The molecule has 0 amide bonds. The van der Waals surface area contributed by atoms with E-state index in [2.05, 4.69) is 16.9 Å². The molecule has 3 rings (SSSR count). The van der Waals surface area contributed by atoms with Gasteiger partial charge in [0.05, 0.1) is 28.8 Å². The van der Waals surface area contributed by atoms with Crippen LogP contribution in [0.1, 0.15) is 66.3 Å². The molecule has 3 aromatic rings. The number of hydrogen-bond donors (Lipinski definition) is 2. The zero-order chi connectivity index (χ0) is 23.8. The topological polar surface area (TPSA) is 92.3 Å². The fourth-order valence-electron chi connectivity index (χ4n) is 3.48. The number of unbranched alkanes of at least 4 members (excludes halogenated alkanes) is 1. The molecule has 0 bridgehead atoms. The number of imidazole rings is 1. The molecule has 0 saturated carbocycles. The number of phenolic OH excluding ortho intramolecular Hbond substituents is 1. The summed E-state index contributed by atoms with van der Waals surface area (Å²) in [5.74, 6) is 1.58. The van der Waals surface area contributed by atoms with E-state index in [1.165, 1.54) is 6.92 Å². The summed E-state index contributed by atoms with van der Waals surface area (Å²) in [6, 6.07) is 9.03. The molecule has 0 spiro atoms. The number of aromatic nitrogens is 2. The predicted molar refractivity (Wildman–Crippen MR) is 135 cm³/mol. The average Bonchev–Trinajstić information content (AvgIpc) is 3.20. The van der Waals surface area contributed by atoms with Gasteiger partial charge in [-0.1, -0.05) is 25.1 Å². The Kier molecular flexibility index (Phi) is 9.26. The molecular formula is C25H30N2O4S2. The van der Waals surface area contributed by atoms with Gasteiger partial charge in [-0.05, 0) is 69.2 Å². The summed E-state index contributed by atoms with van der Waals surface area (Å²) in [5.41, 5.74) is 3.47. The molecule has 0 aliphatic heterocycles. The van der Waals surface area contributed by atoms with Crippen LogP contribution in [0.2, 0.25) is 0 Å². The van der Waals surface area contributed by atoms with Crippen molar-refractivity contribution in [2.24, 2.45) is 0 Å². The van der Waals surface area contributed by atoms with E-state index in [-0.39, 0.29) is 17.5 Å². The zero-order valence-electron chi connectivity index (χ0n) is 19.3. The normalized spacial score (nSPS) is 11.1. The molecule has 1 heterocycles. The van der Waals surface area contributed by atoms with Crippen LogP contribution in [0.25, 0.3) is 11.0 Å². The number of Topliss-reactive ketones (excluding diaryl/α,β-unsaturated/α-hetero) is 1. The number of hydrogen-bond acceptors (Lipinski definition) is 7. The number of thioether (sulfide) groups is 2. The van der Waals surface area contributed by atoms with Gasteiger partial charge in [0.15, 0.2) is 10.9 Å². The smallest absolute Gasteiger partial charge is 0.338 e. The molecule has 0 fully saturated rings. The van der Waals surface area contributed by atoms with E-state index in [0.29, 0.717) is 17.7 Å². The number of carbonyl (C=O) groups is 2. The second-order valence-corrected chi connectivity index (χ2v) is 9.86. The van der Waals surface area contributed by atoms with E-state index in [1.54, 1.807) is 48.6 Å². The summed E-state index contributed by atoms with van der Waals surface area (Å²) in [4.78, 5) is 32.5. The Hall–Kier alpha value is -2.45. The quantitative estimate of drug-likeness (QED) is 0.135. The minimum Gasteiger partial charge on any atom is -0.507 e. The standard InChI is InChI=1S/C25H30N2O4S2/c1-4-8-19-22(12-10-18(16(3)28)23(19)29)32-13-6-7-14-33-25-26-20-11-9-17(15-21(20)27-25)24(30)31-5-2/h9-12,15,29H,4-8,13-14H2,1-3H3,(H,26,27). The molecule has 8 heteroatoms. The Bertz CT molecular complexity index is 1130. The number of aromatic hydroxyl groups is 1. The predicted octanol–water partition coefficient (Wildman–Crippen LogP) is 6.26. The Morgan fingerprint density at radius 3 is 2.55 bits per heavy atom. The second kappa shape index (κ2) is 12.1. The van der Waals surface area contributed by atoms with Crippen LogP contribution in [-0.4, -0.2) is 44.9 Å². The van der Waals surface area contributed by atoms with Crippen LogP contribution in [0.4, 0.5) is 0 Å². The van der Waals surface area contributed by atoms with Gasteiger partial charge in [-0.2, -0.15) is 0 Å². The summed E-state index contributed by atoms with van der Waals surface area (Å²) >= 11 is 3.40. The number of nitrogens with one attached hydrogen (secondary N) is 1. The highest BCUT2D eigenvalue weighted by atomic mass is 32.2. The van der Waals surface area contributed by atoms with Crippen molar-refractivity contribution < 1.29 is 19.4 Å². The highest BCUT2D eigenvalue weighted by Gasteiger charge is 2.15. The van der Waals surface area contributed by atoms with Crippen LogP contribution >= 0.6 is 23.5 Å². The number of esters is 1. The highest BCUT2D eigenvalue weighted by molar-refractivity contribution is 7.99. The third kappa shape index (κ3) is 6.54. The first-order valence-electron chi connectivity index (χ1n) is 11.2. The number of ether oxygens (including phenoxy) is 1. The van der Waals surface area contributed by atoms with E-state index in [4.69, 9.17) is 4.74 Å². The van der Waals surface area contributed by atoms with Crippen molar-refractivity contribution in [3.63, 3.8) is 0 Å². The molecule has 0 saturated heterocycles. The number of carbonyl (C=O) groups excluding carboxylic acids is 2. The van der Waals surface area contributed by atoms with Crippen molar-refractivity contribution in [1.82, 2.24) is 9.97 Å². The van der Waals surface area contributed by atoms with Crippen LogP contribution in [0.5, 0.6) is 5.75 Å².